The maximum atomic E-state index is 3.31. The Morgan fingerprint density at radius 2 is 1.38 bits per heavy atom. The van der Waals surface area contributed by atoms with Gasteiger partial charge in [-0.1, -0.05) is 128 Å². The second-order valence-corrected chi connectivity index (χ2v) is 24.4. The molecule has 1 heterocycles. The molecule has 0 unspecified atom stereocenters. The van der Waals surface area contributed by atoms with Crippen LogP contribution in [-0.4, -0.2) is 25.7 Å². The van der Waals surface area contributed by atoms with Crippen LogP contribution in [0.15, 0.2) is 84.9 Å². The summed E-state index contributed by atoms with van der Waals surface area (Å²) in [5.41, 5.74) is 8.51. The molecule has 0 amide bonds. The average Bonchev–Trinajstić information content (AvgIpc) is 3.46. The Bertz CT molecular complexity index is 1580. The van der Waals surface area contributed by atoms with E-state index >= 15 is 0 Å². The molecule has 5 aromatic carbocycles. The van der Waals surface area contributed by atoms with Crippen LogP contribution in [0, 0.1) is 13.0 Å². The minimum atomic E-state index is -1.38. The Morgan fingerprint density at radius 3 is 2.00 bits per heavy atom. The first kappa shape index (κ1) is 36.8. The second kappa shape index (κ2) is 14.6. The van der Waals surface area contributed by atoms with Gasteiger partial charge in [0, 0.05) is 0 Å². The molecule has 0 aliphatic carbocycles. The van der Waals surface area contributed by atoms with Crippen molar-refractivity contribution in [3.63, 3.8) is 0 Å². The molecule has 1 aliphatic rings. The minimum Gasteiger partial charge on any atom is -1.00 e. The van der Waals surface area contributed by atoms with Crippen LogP contribution < -0.4 is 45.6 Å². The van der Waals surface area contributed by atoms with Crippen LogP contribution in [0.5, 0.6) is 0 Å². The van der Waals surface area contributed by atoms with Crippen molar-refractivity contribution in [1.29, 1.82) is 0 Å². The zero-order valence-corrected chi connectivity index (χ0v) is 33.0. The summed E-state index contributed by atoms with van der Waals surface area (Å²) in [5.74, 6) is 0. The van der Waals surface area contributed by atoms with Crippen molar-refractivity contribution in [3.05, 3.63) is 102 Å². The van der Waals surface area contributed by atoms with E-state index in [1.165, 1.54) is 54.5 Å². The SMILES string of the molecule is CCc1ccc2[cH-]c(C)cc2c1-c1cc([Si](C)(C)C)cc([Si](C)(C)C)c1.[Cl-].[Cl-].[Zr+4].[c-]1cccc2c1[Si]c1ccccc1-2. The van der Waals surface area contributed by atoms with Crippen LogP contribution in [0.1, 0.15) is 18.1 Å². The third-order valence-electron chi connectivity index (χ3n) is 7.79. The van der Waals surface area contributed by atoms with Crippen molar-refractivity contribution in [2.75, 3.05) is 0 Å². The maximum absolute atomic E-state index is 3.31. The molecule has 0 nitrogen and oxygen atoms in total. The van der Waals surface area contributed by atoms with Crippen molar-refractivity contribution in [1.82, 2.24) is 0 Å². The Morgan fingerprint density at radius 1 is 0.762 bits per heavy atom. The van der Waals surface area contributed by atoms with Crippen LogP contribution in [0.3, 0.4) is 0 Å². The van der Waals surface area contributed by atoms with E-state index in [1.807, 2.05) is 6.07 Å². The van der Waals surface area contributed by atoms with Crippen molar-refractivity contribution in [3.8, 4) is 22.3 Å². The molecule has 0 saturated carbocycles. The smallest absolute Gasteiger partial charge is 1.00 e. The molecular formula is C36H40Cl2Si3Zr. The summed E-state index contributed by atoms with van der Waals surface area (Å²) in [6, 6.07) is 35.0. The van der Waals surface area contributed by atoms with E-state index in [0.29, 0.717) is 0 Å². The Hall–Kier alpha value is -1.40. The fourth-order valence-corrected chi connectivity index (χ4v) is 9.28. The third-order valence-corrected chi connectivity index (χ3v) is 13.2. The summed E-state index contributed by atoms with van der Waals surface area (Å²) in [5, 5.41) is 8.81. The van der Waals surface area contributed by atoms with E-state index in [4.69, 9.17) is 0 Å². The molecule has 0 spiro atoms. The molecular weight excluding hydrogens is 679 g/mol. The average molecular weight is 719 g/mol. The molecule has 2 radical (unpaired) electrons. The molecule has 0 N–H and O–H groups in total. The summed E-state index contributed by atoms with van der Waals surface area (Å²) >= 11 is 0. The van der Waals surface area contributed by atoms with E-state index in [2.05, 4.69) is 138 Å². The van der Waals surface area contributed by atoms with Crippen LogP contribution in [0.4, 0.5) is 0 Å². The molecule has 42 heavy (non-hydrogen) atoms. The number of hydrogen-bond acceptors (Lipinski definition) is 0. The maximum Gasteiger partial charge on any atom is 4.00 e. The first-order valence-corrected chi connectivity index (χ1v) is 22.2. The summed E-state index contributed by atoms with van der Waals surface area (Å²) in [6.45, 7) is 19.3. The van der Waals surface area contributed by atoms with E-state index in [1.54, 1.807) is 10.4 Å². The summed E-state index contributed by atoms with van der Waals surface area (Å²) in [7, 11) is -1.96. The van der Waals surface area contributed by atoms with Crippen LogP contribution in [0.2, 0.25) is 39.3 Å². The van der Waals surface area contributed by atoms with Crippen LogP contribution >= 0.6 is 0 Å². The Kier molecular flexibility index (Phi) is 12.8. The summed E-state index contributed by atoms with van der Waals surface area (Å²) in [4.78, 5) is 0. The largest absolute Gasteiger partial charge is 4.00 e. The topological polar surface area (TPSA) is 0 Å². The Balaban J connectivity index is 0.000000325. The fraction of sp³-hybridized carbons (Fsp3) is 0.250. The van der Waals surface area contributed by atoms with Gasteiger partial charge in [0.25, 0.3) is 0 Å². The van der Waals surface area contributed by atoms with Gasteiger partial charge < -0.3 is 24.8 Å². The summed E-state index contributed by atoms with van der Waals surface area (Å²) < 4.78 is 0. The van der Waals surface area contributed by atoms with Gasteiger partial charge in [0.1, 0.15) is 0 Å². The normalized spacial score (nSPS) is 11.7. The minimum absolute atomic E-state index is 0. The van der Waals surface area contributed by atoms with Gasteiger partial charge >= 0.3 is 26.2 Å². The van der Waals surface area contributed by atoms with Crippen LogP contribution in [-0.2, 0) is 32.6 Å². The molecule has 0 aromatic heterocycles. The van der Waals surface area contributed by atoms with Gasteiger partial charge in [-0.2, -0.15) is 35.5 Å². The van der Waals surface area contributed by atoms with E-state index < -0.39 is 16.1 Å². The molecule has 0 atom stereocenters. The predicted molar refractivity (Wildman–Crippen MR) is 181 cm³/mol. The molecule has 6 heteroatoms. The third kappa shape index (κ3) is 7.81. The van der Waals surface area contributed by atoms with Gasteiger partial charge in [0.2, 0.25) is 0 Å². The van der Waals surface area contributed by atoms with Crippen molar-refractivity contribution >= 4 is 57.2 Å². The number of rotatable bonds is 4. The molecule has 0 bridgehead atoms. The van der Waals surface area contributed by atoms with Crippen molar-refractivity contribution in [2.24, 2.45) is 0 Å². The molecule has 0 fully saturated rings. The first-order valence-electron chi connectivity index (χ1n) is 14.2. The predicted octanol–water partition coefficient (Wildman–Crippen LogP) is 1.31. The van der Waals surface area contributed by atoms with Gasteiger partial charge in [-0.3, -0.25) is 0 Å². The molecule has 6 rings (SSSR count). The second-order valence-electron chi connectivity index (χ2n) is 12.9. The number of aryl methyl sites for hydroxylation is 2. The zero-order chi connectivity index (χ0) is 27.9. The van der Waals surface area contributed by atoms with E-state index in [9.17, 15) is 0 Å². The number of hydrogen-bond donors (Lipinski definition) is 0. The van der Waals surface area contributed by atoms with Gasteiger partial charge in [0.15, 0.2) is 0 Å². The molecule has 1 aliphatic heterocycles. The summed E-state index contributed by atoms with van der Waals surface area (Å²) in [6.07, 6.45) is 1.08. The van der Waals surface area contributed by atoms with Crippen molar-refractivity contribution < 1.29 is 51.0 Å². The first-order chi connectivity index (χ1) is 18.5. The van der Waals surface area contributed by atoms with Gasteiger partial charge in [-0.05, 0) is 12.0 Å². The van der Waals surface area contributed by atoms with Gasteiger partial charge in [-0.15, -0.1) is 40.1 Å². The Labute approximate surface area is 289 Å². The standard InChI is InChI=1S/C24H33Si2.C12H7Si.2ClH.Zr/c1-9-18-10-11-19-12-17(2)13-23(19)24(18)20-14-21(25(3,4)5)16-22(15-20)26(6,7)8;1-3-7-11-9(5-1)10-6-2-4-8-12(10)13-11;;;/h10-16H,9H2,1-8H3;1-7H;2*1H;/q2*-1;;;+4/p-2. The van der Waals surface area contributed by atoms with Gasteiger partial charge in [0.05, 0.1) is 25.7 Å². The van der Waals surface area contributed by atoms with Crippen LogP contribution in [0.25, 0.3) is 33.0 Å². The monoisotopic (exact) mass is 716 g/mol. The molecule has 5 aromatic rings. The molecule has 0 saturated heterocycles. The fourth-order valence-electron chi connectivity index (χ4n) is 5.48. The number of fused-ring (bicyclic) bond motifs is 4. The van der Waals surface area contributed by atoms with E-state index in [-0.39, 0.29) is 51.0 Å². The van der Waals surface area contributed by atoms with Gasteiger partial charge in [-0.25, -0.2) is 0 Å². The number of halogens is 2. The van der Waals surface area contributed by atoms with E-state index in [0.717, 1.165) is 15.9 Å². The quantitative estimate of drug-likeness (QED) is 0.191. The van der Waals surface area contributed by atoms with Crippen molar-refractivity contribution in [2.45, 2.75) is 59.6 Å². The molecule has 214 valence electrons. The zero-order valence-electron chi connectivity index (χ0n) is 26.0. The number of benzene rings is 4.